The Hall–Kier alpha value is -0.890. The lowest BCUT2D eigenvalue weighted by molar-refractivity contribution is 0.245. The second kappa shape index (κ2) is 3.56. The van der Waals surface area contributed by atoms with Crippen LogP contribution in [0.2, 0.25) is 5.02 Å². The van der Waals surface area contributed by atoms with E-state index in [9.17, 15) is 0 Å². The molecule has 1 heterocycles. The second-order valence-corrected chi connectivity index (χ2v) is 6.11. The number of fused-ring (bicyclic) bond motifs is 1. The van der Waals surface area contributed by atoms with E-state index in [4.69, 9.17) is 11.6 Å². The smallest absolute Gasteiger partial charge is 0.0595 e. The molecule has 0 aromatic heterocycles. The third kappa shape index (κ3) is 1.86. The van der Waals surface area contributed by atoms with Gasteiger partial charge in [-0.3, -0.25) is 0 Å². The van der Waals surface area contributed by atoms with Gasteiger partial charge in [0.2, 0.25) is 0 Å². The summed E-state index contributed by atoms with van der Waals surface area (Å²) in [6.07, 6.45) is 0. The molecule has 16 heavy (non-hydrogen) atoms. The Morgan fingerprint density at radius 3 is 2.50 bits per heavy atom. The zero-order valence-corrected chi connectivity index (χ0v) is 11.1. The fraction of sp³-hybridized carbons (Fsp3) is 0.538. The van der Waals surface area contributed by atoms with E-state index in [1.165, 1.54) is 0 Å². The van der Waals surface area contributed by atoms with Crippen molar-refractivity contribution in [3.05, 3.63) is 23.2 Å². The lowest BCUT2D eigenvalue weighted by Gasteiger charge is -2.41. The van der Waals surface area contributed by atoms with E-state index in [1.807, 2.05) is 18.2 Å². The van der Waals surface area contributed by atoms with Crippen LogP contribution >= 0.6 is 11.6 Å². The van der Waals surface area contributed by atoms with Gasteiger partial charge in [-0.15, -0.1) is 0 Å². The summed E-state index contributed by atoms with van der Waals surface area (Å²) >= 11 is 6.03. The van der Waals surface area contributed by atoms with Crippen molar-refractivity contribution < 1.29 is 0 Å². The summed E-state index contributed by atoms with van der Waals surface area (Å²) in [7, 11) is 0. The van der Waals surface area contributed by atoms with Crippen molar-refractivity contribution in [3.63, 3.8) is 0 Å². The number of rotatable bonds is 0. The van der Waals surface area contributed by atoms with Crippen LogP contribution in [0.4, 0.5) is 11.4 Å². The Labute approximate surface area is 102 Å². The van der Waals surface area contributed by atoms with Gasteiger partial charge in [-0.2, -0.15) is 0 Å². The molecule has 2 rings (SSSR count). The molecule has 0 fully saturated rings. The normalized spacial score (nSPS) is 21.3. The number of nitrogens with one attached hydrogen (secondary N) is 2. The molecule has 0 amide bonds. The minimum Gasteiger partial charge on any atom is -0.383 e. The van der Waals surface area contributed by atoms with Gasteiger partial charge in [-0.05, 0) is 32.0 Å². The van der Waals surface area contributed by atoms with Crippen LogP contribution < -0.4 is 10.6 Å². The zero-order chi connectivity index (χ0) is 12.0. The summed E-state index contributed by atoms with van der Waals surface area (Å²) in [5.41, 5.74) is 2.40. The van der Waals surface area contributed by atoms with Gasteiger partial charge in [0.25, 0.3) is 0 Å². The van der Waals surface area contributed by atoms with E-state index in [0.717, 1.165) is 22.9 Å². The van der Waals surface area contributed by atoms with Crippen molar-refractivity contribution >= 4 is 23.0 Å². The molecule has 1 aliphatic heterocycles. The molecule has 88 valence electrons. The van der Waals surface area contributed by atoms with Crippen LogP contribution in [-0.4, -0.2) is 12.1 Å². The van der Waals surface area contributed by atoms with Crippen LogP contribution in [0.5, 0.6) is 0 Å². The van der Waals surface area contributed by atoms with Gasteiger partial charge in [-0.25, -0.2) is 0 Å². The lowest BCUT2D eigenvalue weighted by atomic mass is 9.74. The van der Waals surface area contributed by atoms with E-state index in [-0.39, 0.29) is 11.0 Å². The summed E-state index contributed by atoms with van der Waals surface area (Å²) in [4.78, 5) is 0. The Balaban J connectivity index is 2.44. The van der Waals surface area contributed by atoms with E-state index in [0.29, 0.717) is 0 Å². The number of hydrogen-bond acceptors (Lipinski definition) is 2. The first-order chi connectivity index (χ1) is 7.32. The average Bonchev–Trinajstić information content (AvgIpc) is 2.22. The third-order valence-corrected chi connectivity index (χ3v) is 4.08. The molecule has 1 aromatic rings. The number of benzene rings is 1. The standard InChI is InChI=1S/C13H19ClN2/c1-12(2)8-15-10-6-5-9(14)7-11(10)16-13(12,3)4/h5-7,15-16H,8H2,1-4H3. The van der Waals surface area contributed by atoms with Crippen molar-refractivity contribution in [2.24, 2.45) is 5.41 Å². The van der Waals surface area contributed by atoms with E-state index in [1.54, 1.807) is 0 Å². The van der Waals surface area contributed by atoms with Crippen LogP contribution in [-0.2, 0) is 0 Å². The van der Waals surface area contributed by atoms with Crippen LogP contribution in [0.15, 0.2) is 18.2 Å². The van der Waals surface area contributed by atoms with Gasteiger partial charge in [0.05, 0.1) is 11.4 Å². The first kappa shape index (κ1) is 11.6. The Kier molecular flexibility index (Phi) is 2.58. The molecule has 2 nitrogen and oxygen atoms in total. The van der Waals surface area contributed by atoms with Crippen molar-refractivity contribution in [3.8, 4) is 0 Å². The Morgan fingerprint density at radius 1 is 1.12 bits per heavy atom. The van der Waals surface area contributed by atoms with Gasteiger partial charge < -0.3 is 10.6 Å². The third-order valence-electron chi connectivity index (χ3n) is 3.84. The highest BCUT2D eigenvalue weighted by Crippen LogP contribution is 2.40. The molecule has 2 N–H and O–H groups in total. The van der Waals surface area contributed by atoms with Crippen molar-refractivity contribution in [2.45, 2.75) is 33.2 Å². The minimum absolute atomic E-state index is 0.0237. The summed E-state index contributed by atoms with van der Waals surface area (Å²) in [6.45, 7) is 9.93. The molecule has 0 saturated carbocycles. The Bertz CT molecular complexity index is 410. The number of hydrogen-bond donors (Lipinski definition) is 2. The predicted molar refractivity (Wildman–Crippen MR) is 71.4 cm³/mol. The maximum atomic E-state index is 6.03. The topological polar surface area (TPSA) is 24.1 Å². The van der Waals surface area contributed by atoms with Crippen molar-refractivity contribution in [1.29, 1.82) is 0 Å². The molecule has 0 atom stereocenters. The molecular formula is C13H19ClN2. The van der Waals surface area contributed by atoms with Gasteiger partial charge in [0.15, 0.2) is 0 Å². The predicted octanol–water partition coefficient (Wildman–Crippen LogP) is 3.98. The highest BCUT2D eigenvalue weighted by molar-refractivity contribution is 6.31. The highest BCUT2D eigenvalue weighted by atomic mass is 35.5. The molecular weight excluding hydrogens is 220 g/mol. The number of anilines is 2. The van der Waals surface area contributed by atoms with Gasteiger partial charge in [-0.1, -0.05) is 25.4 Å². The second-order valence-electron chi connectivity index (χ2n) is 5.68. The Morgan fingerprint density at radius 2 is 1.81 bits per heavy atom. The SMILES string of the molecule is CC1(C)CNc2ccc(Cl)cc2NC1(C)C. The summed E-state index contributed by atoms with van der Waals surface area (Å²) in [6, 6.07) is 5.93. The van der Waals surface area contributed by atoms with Crippen LogP contribution in [0, 0.1) is 5.41 Å². The maximum Gasteiger partial charge on any atom is 0.0595 e. The van der Waals surface area contributed by atoms with E-state index in [2.05, 4.69) is 38.3 Å². The van der Waals surface area contributed by atoms with Gasteiger partial charge >= 0.3 is 0 Å². The van der Waals surface area contributed by atoms with E-state index < -0.39 is 0 Å². The van der Waals surface area contributed by atoms with Crippen molar-refractivity contribution in [2.75, 3.05) is 17.2 Å². The summed E-state index contributed by atoms with van der Waals surface area (Å²) in [5, 5.41) is 7.83. The molecule has 0 aliphatic carbocycles. The minimum atomic E-state index is 0.0237. The lowest BCUT2D eigenvalue weighted by Crippen LogP contribution is -2.47. The molecule has 0 radical (unpaired) electrons. The summed E-state index contributed by atoms with van der Waals surface area (Å²) in [5.74, 6) is 0. The monoisotopic (exact) mass is 238 g/mol. The molecule has 0 spiro atoms. The molecule has 1 aromatic carbocycles. The first-order valence-electron chi connectivity index (χ1n) is 5.63. The zero-order valence-electron chi connectivity index (χ0n) is 10.3. The molecule has 0 saturated heterocycles. The van der Waals surface area contributed by atoms with E-state index >= 15 is 0 Å². The molecule has 3 heteroatoms. The van der Waals surface area contributed by atoms with Gasteiger partial charge in [0.1, 0.15) is 0 Å². The molecule has 0 unspecified atom stereocenters. The van der Waals surface area contributed by atoms with Crippen LogP contribution in [0.25, 0.3) is 0 Å². The average molecular weight is 239 g/mol. The first-order valence-corrected chi connectivity index (χ1v) is 6.01. The fourth-order valence-electron chi connectivity index (χ4n) is 1.82. The van der Waals surface area contributed by atoms with Crippen molar-refractivity contribution in [1.82, 2.24) is 0 Å². The maximum absolute atomic E-state index is 6.03. The van der Waals surface area contributed by atoms with Crippen LogP contribution in [0.1, 0.15) is 27.7 Å². The summed E-state index contributed by atoms with van der Waals surface area (Å²) < 4.78 is 0. The largest absolute Gasteiger partial charge is 0.383 e. The van der Waals surface area contributed by atoms with Gasteiger partial charge in [0, 0.05) is 22.5 Å². The molecule has 1 aliphatic rings. The molecule has 0 bridgehead atoms. The highest BCUT2D eigenvalue weighted by Gasteiger charge is 2.39. The quantitative estimate of drug-likeness (QED) is 0.715. The van der Waals surface area contributed by atoms with Crippen LogP contribution in [0.3, 0.4) is 0 Å². The fourth-order valence-corrected chi connectivity index (χ4v) is 1.99. The number of halogens is 1.